The molecule has 0 fully saturated rings. The molecule has 156 valence electrons. The van der Waals surface area contributed by atoms with Gasteiger partial charge in [0.05, 0.1) is 18.2 Å². The van der Waals surface area contributed by atoms with E-state index in [4.69, 9.17) is 21.1 Å². The molecule has 0 aliphatic rings. The minimum absolute atomic E-state index is 0.244. The van der Waals surface area contributed by atoms with Crippen LogP contribution < -0.4 is 9.47 Å². The van der Waals surface area contributed by atoms with E-state index < -0.39 is 5.82 Å². The number of benzene rings is 1. The molecule has 3 aromatic rings. The van der Waals surface area contributed by atoms with Gasteiger partial charge >= 0.3 is 0 Å². The lowest BCUT2D eigenvalue weighted by Crippen LogP contribution is -2.14. The number of hydrogen-bond donors (Lipinski definition) is 0. The van der Waals surface area contributed by atoms with E-state index in [2.05, 4.69) is 19.9 Å². The van der Waals surface area contributed by atoms with E-state index in [-0.39, 0.29) is 17.5 Å². The molecule has 0 bridgehead atoms. The van der Waals surface area contributed by atoms with Crippen molar-refractivity contribution in [1.29, 1.82) is 0 Å². The monoisotopic (exact) mass is 429 g/mol. The van der Waals surface area contributed by atoms with Crippen molar-refractivity contribution >= 4 is 23.6 Å². The van der Waals surface area contributed by atoms with Gasteiger partial charge in [-0.1, -0.05) is 11.6 Å². The number of aromatic nitrogens is 3. The van der Waals surface area contributed by atoms with Crippen LogP contribution >= 0.6 is 11.6 Å². The average molecular weight is 430 g/mol. The van der Waals surface area contributed by atoms with Gasteiger partial charge in [-0.2, -0.15) is 14.4 Å². The van der Waals surface area contributed by atoms with Gasteiger partial charge in [-0.3, -0.25) is 0 Å². The molecule has 0 N–H and O–H groups in total. The Hall–Kier alpha value is -3.26. The first kappa shape index (κ1) is 21.4. The lowest BCUT2D eigenvalue weighted by Gasteiger charge is -2.13. The van der Waals surface area contributed by atoms with Crippen molar-refractivity contribution < 1.29 is 13.9 Å². The Labute approximate surface area is 179 Å². The number of aryl methyl sites for hydroxylation is 2. The summed E-state index contributed by atoms with van der Waals surface area (Å²) < 4.78 is 26.0. The summed E-state index contributed by atoms with van der Waals surface area (Å²) in [4.78, 5) is 18.1. The Morgan fingerprint density at radius 3 is 2.50 bits per heavy atom. The van der Waals surface area contributed by atoms with Gasteiger partial charge in [-0.25, -0.2) is 9.98 Å². The van der Waals surface area contributed by atoms with E-state index in [0.29, 0.717) is 10.9 Å². The number of halogens is 2. The SMILES string of the molecule is CCN(C)/C=N/c1cc(C)c(Oc2ncnc(Oc3ccc(Cl)nc3)c2F)cc1C. The molecule has 0 radical (unpaired) electrons. The van der Waals surface area contributed by atoms with Gasteiger partial charge < -0.3 is 14.4 Å². The molecule has 7 nitrogen and oxygen atoms in total. The van der Waals surface area contributed by atoms with Gasteiger partial charge in [0.25, 0.3) is 11.8 Å². The highest BCUT2D eigenvalue weighted by Gasteiger charge is 2.17. The molecular weight excluding hydrogens is 409 g/mol. The Morgan fingerprint density at radius 1 is 1.10 bits per heavy atom. The maximum Gasteiger partial charge on any atom is 0.263 e. The van der Waals surface area contributed by atoms with E-state index >= 15 is 0 Å². The smallest absolute Gasteiger partial charge is 0.263 e. The summed E-state index contributed by atoms with van der Waals surface area (Å²) in [6.45, 7) is 6.65. The molecule has 0 aliphatic heterocycles. The first-order chi connectivity index (χ1) is 14.4. The van der Waals surface area contributed by atoms with Crippen molar-refractivity contribution in [2.45, 2.75) is 20.8 Å². The van der Waals surface area contributed by atoms with Crippen molar-refractivity contribution in [2.24, 2.45) is 4.99 Å². The minimum atomic E-state index is -0.823. The van der Waals surface area contributed by atoms with Crippen molar-refractivity contribution in [1.82, 2.24) is 19.9 Å². The standard InChI is InChI=1S/C21H21ClFN5O2/c1-5-28(4)12-27-16-8-14(3)17(9-13(16)2)30-21-19(23)20(25-11-26-21)29-15-6-7-18(22)24-10-15/h6-12H,5H2,1-4H3/b27-12+. The Morgan fingerprint density at radius 2 is 1.83 bits per heavy atom. The molecule has 30 heavy (non-hydrogen) atoms. The van der Waals surface area contributed by atoms with E-state index in [9.17, 15) is 4.39 Å². The highest BCUT2D eigenvalue weighted by molar-refractivity contribution is 6.29. The molecule has 0 amide bonds. The average Bonchev–Trinajstić information content (AvgIpc) is 2.73. The van der Waals surface area contributed by atoms with Crippen LogP contribution in [-0.2, 0) is 0 Å². The molecule has 0 spiro atoms. The summed E-state index contributed by atoms with van der Waals surface area (Å²) >= 11 is 5.75. The fourth-order valence-corrected chi connectivity index (χ4v) is 2.50. The fraction of sp³-hybridized carbons (Fsp3) is 0.238. The molecule has 0 aliphatic carbocycles. The van der Waals surface area contributed by atoms with Crippen LogP contribution in [0.5, 0.6) is 23.3 Å². The second kappa shape index (κ2) is 9.49. The van der Waals surface area contributed by atoms with Crippen LogP contribution in [0.15, 0.2) is 41.8 Å². The maximum atomic E-state index is 14.8. The highest BCUT2D eigenvalue weighted by Crippen LogP contribution is 2.34. The molecule has 9 heteroatoms. The maximum absolute atomic E-state index is 14.8. The molecular formula is C21H21ClFN5O2. The highest BCUT2D eigenvalue weighted by atomic mass is 35.5. The van der Waals surface area contributed by atoms with Crippen molar-refractivity contribution in [3.63, 3.8) is 0 Å². The molecule has 0 saturated carbocycles. The summed E-state index contributed by atoms with van der Waals surface area (Å²) in [6, 6.07) is 6.75. The summed E-state index contributed by atoms with van der Waals surface area (Å²) in [5.74, 6) is -0.592. The van der Waals surface area contributed by atoms with Crippen LogP contribution in [0.2, 0.25) is 5.15 Å². The summed E-state index contributed by atoms with van der Waals surface area (Å²) in [7, 11) is 1.95. The number of aliphatic imine (C=N–C) groups is 1. The fourth-order valence-electron chi connectivity index (χ4n) is 2.39. The Bertz CT molecular complexity index is 1060. The van der Waals surface area contributed by atoms with Crippen LogP contribution in [0.3, 0.4) is 0 Å². The number of pyridine rings is 1. The van der Waals surface area contributed by atoms with E-state index in [1.54, 1.807) is 18.5 Å². The third-order valence-electron chi connectivity index (χ3n) is 4.23. The molecule has 3 rings (SSSR count). The molecule has 0 unspecified atom stereocenters. The quantitative estimate of drug-likeness (QED) is 0.281. The zero-order chi connectivity index (χ0) is 21.7. The molecule has 0 saturated heterocycles. The van der Waals surface area contributed by atoms with Crippen LogP contribution in [-0.4, -0.2) is 39.8 Å². The number of rotatable bonds is 7. The van der Waals surface area contributed by atoms with Crippen molar-refractivity contribution in [3.8, 4) is 23.3 Å². The largest absolute Gasteiger partial charge is 0.436 e. The summed E-state index contributed by atoms with van der Waals surface area (Å²) in [6.07, 6.45) is 4.30. The molecule has 2 aromatic heterocycles. The second-order valence-electron chi connectivity index (χ2n) is 6.54. The van der Waals surface area contributed by atoms with Crippen LogP contribution in [0.25, 0.3) is 0 Å². The first-order valence-electron chi connectivity index (χ1n) is 9.20. The third-order valence-corrected chi connectivity index (χ3v) is 4.46. The summed E-state index contributed by atoms with van der Waals surface area (Å²) in [5, 5.41) is 0.300. The number of hydrogen-bond acceptors (Lipinski definition) is 6. The van der Waals surface area contributed by atoms with Gasteiger partial charge in [0.15, 0.2) is 0 Å². The van der Waals surface area contributed by atoms with Gasteiger partial charge in [0.1, 0.15) is 23.0 Å². The zero-order valence-electron chi connectivity index (χ0n) is 17.1. The molecule has 1 aromatic carbocycles. The normalized spacial score (nSPS) is 11.0. The Kier molecular flexibility index (Phi) is 6.79. The third kappa shape index (κ3) is 5.21. The predicted octanol–water partition coefficient (Wildman–Crippen LogP) is 5.48. The van der Waals surface area contributed by atoms with E-state index in [1.165, 1.54) is 18.6 Å². The zero-order valence-corrected chi connectivity index (χ0v) is 17.8. The van der Waals surface area contributed by atoms with Crippen LogP contribution in [0.1, 0.15) is 18.1 Å². The van der Waals surface area contributed by atoms with Gasteiger partial charge in [0.2, 0.25) is 5.82 Å². The van der Waals surface area contributed by atoms with Crippen LogP contribution in [0.4, 0.5) is 10.1 Å². The minimum Gasteiger partial charge on any atom is -0.436 e. The number of ether oxygens (including phenoxy) is 2. The van der Waals surface area contributed by atoms with Crippen LogP contribution in [0, 0.1) is 19.7 Å². The van der Waals surface area contributed by atoms with Crippen molar-refractivity contribution in [3.05, 3.63) is 58.9 Å². The predicted molar refractivity (Wildman–Crippen MR) is 114 cm³/mol. The van der Waals surface area contributed by atoms with E-state index in [0.717, 1.165) is 23.4 Å². The molecule has 0 atom stereocenters. The lowest BCUT2D eigenvalue weighted by molar-refractivity contribution is 0.374. The van der Waals surface area contributed by atoms with E-state index in [1.807, 2.05) is 38.8 Å². The second-order valence-corrected chi connectivity index (χ2v) is 6.93. The lowest BCUT2D eigenvalue weighted by atomic mass is 10.1. The topological polar surface area (TPSA) is 72.7 Å². The van der Waals surface area contributed by atoms with Gasteiger partial charge in [-0.05, 0) is 56.2 Å². The summed E-state index contributed by atoms with van der Waals surface area (Å²) in [5.41, 5.74) is 2.48. The molecule has 2 heterocycles. The number of nitrogens with zero attached hydrogens (tertiary/aromatic N) is 5. The van der Waals surface area contributed by atoms with Gasteiger partial charge in [0, 0.05) is 13.6 Å². The van der Waals surface area contributed by atoms with Crippen molar-refractivity contribution in [2.75, 3.05) is 13.6 Å². The Balaban J connectivity index is 1.83. The van der Waals surface area contributed by atoms with Gasteiger partial charge in [-0.15, -0.1) is 0 Å². The first-order valence-corrected chi connectivity index (χ1v) is 9.58.